The van der Waals surface area contributed by atoms with Gasteiger partial charge in [-0.25, -0.2) is 8.78 Å². The number of piperazine rings is 1. The Kier molecular flexibility index (Phi) is 13.6. The van der Waals surface area contributed by atoms with E-state index >= 15 is 4.39 Å². The molecule has 6 saturated heterocycles. The predicted molar refractivity (Wildman–Crippen MR) is 272 cm³/mol. The molecule has 19 nitrogen and oxygen atoms in total. The van der Waals surface area contributed by atoms with Crippen LogP contribution in [0.15, 0.2) is 60.8 Å². The number of methoxy groups -OCH3 is 1. The number of hydrogen-bond donors (Lipinski definition) is 3. The number of pyridine rings is 1. The van der Waals surface area contributed by atoms with Crippen molar-refractivity contribution in [3.8, 4) is 41.1 Å². The van der Waals surface area contributed by atoms with Crippen LogP contribution in [0.3, 0.4) is 0 Å². The number of nitrogens with one attached hydrogen (secondary N) is 2. The highest BCUT2D eigenvalue weighted by molar-refractivity contribution is 6.24. The van der Waals surface area contributed by atoms with Crippen molar-refractivity contribution in [2.24, 2.45) is 0 Å². The second-order valence-corrected chi connectivity index (χ2v) is 20.5. The summed E-state index contributed by atoms with van der Waals surface area (Å²) in [5.41, 5.74) is 1.19. The van der Waals surface area contributed by atoms with Crippen molar-refractivity contribution in [2.75, 3.05) is 71.2 Å². The molecule has 0 saturated carbocycles. The molecule has 7 aliphatic rings. The molecule has 6 atom stereocenters. The molecule has 7 aliphatic heterocycles. The van der Waals surface area contributed by atoms with Crippen LogP contribution in [0.1, 0.15) is 71.2 Å². The van der Waals surface area contributed by atoms with Crippen molar-refractivity contribution in [3.05, 3.63) is 89.1 Å². The molecule has 0 spiro atoms. The lowest BCUT2D eigenvalue weighted by atomic mass is 9.94. The van der Waals surface area contributed by atoms with Crippen LogP contribution in [0, 0.1) is 24.0 Å². The number of imide groups is 2. The number of carbonyl (C=O) groups is 5. The average molecular weight is 1040 g/mol. The highest BCUT2D eigenvalue weighted by Crippen LogP contribution is 2.45. The van der Waals surface area contributed by atoms with Crippen LogP contribution in [0.5, 0.6) is 17.5 Å². The maximum absolute atomic E-state index is 16.9. The van der Waals surface area contributed by atoms with E-state index in [0.717, 1.165) is 55.5 Å². The highest BCUT2D eigenvalue weighted by Gasteiger charge is 2.51. The molecular weight excluding hydrogens is 985 g/mol. The van der Waals surface area contributed by atoms with Crippen molar-refractivity contribution >= 4 is 57.5 Å². The molecule has 9 heterocycles. The second kappa shape index (κ2) is 20.5. The summed E-state index contributed by atoms with van der Waals surface area (Å²) in [4.78, 5) is 81.3. The van der Waals surface area contributed by atoms with E-state index in [9.17, 15) is 33.5 Å². The van der Waals surface area contributed by atoms with Gasteiger partial charge in [-0.2, -0.15) is 9.97 Å². The Balaban J connectivity index is 0.000000182. The monoisotopic (exact) mass is 1040 g/mol. The Labute approximate surface area is 435 Å². The first-order chi connectivity index (χ1) is 36.8. The summed E-state index contributed by atoms with van der Waals surface area (Å²) in [6.07, 6.45) is 12.6. The third-order valence-corrected chi connectivity index (χ3v) is 15.6. The number of terminal acetylenes is 1. The van der Waals surface area contributed by atoms with Gasteiger partial charge in [-0.3, -0.25) is 44.1 Å². The van der Waals surface area contributed by atoms with Crippen LogP contribution in [0.25, 0.3) is 32.9 Å². The quantitative estimate of drug-likeness (QED) is 0.0688. The summed E-state index contributed by atoms with van der Waals surface area (Å²) >= 11 is 0. The first-order valence-corrected chi connectivity index (χ1v) is 25.4. The molecule has 5 amide bonds. The maximum atomic E-state index is 16.9. The summed E-state index contributed by atoms with van der Waals surface area (Å²) in [5.74, 6) is -0.631. The van der Waals surface area contributed by atoms with Gasteiger partial charge in [-0.05, 0) is 74.2 Å². The number of phenols is 1. The van der Waals surface area contributed by atoms with Crippen LogP contribution in [-0.4, -0.2) is 167 Å². The van der Waals surface area contributed by atoms with Crippen molar-refractivity contribution in [3.63, 3.8) is 0 Å². The predicted octanol–water partition coefficient (Wildman–Crippen LogP) is 4.26. The van der Waals surface area contributed by atoms with Crippen molar-refractivity contribution < 1.29 is 56.8 Å². The lowest BCUT2D eigenvalue weighted by Crippen LogP contribution is -2.54. The number of fused-ring (bicyclic) bond motifs is 6. The van der Waals surface area contributed by atoms with E-state index in [1.807, 2.05) is 0 Å². The molecule has 76 heavy (non-hydrogen) atoms. The number of halogens is 2. The van der Waals surface area contributed by atoms with Crippen LogP contribution in [-0.2, 0) is 23.9 Å². The number of aromatic hydroxyl groups is 1. The maximum Gasteiger partial charge on any atom is 0.319 e. The van der Waals surface area contributed by atoms with Crippen LogP contribution < -0.4 is 25.0 Å². The number of aromatic nitrogens is 3. The van der Waals surface area contributed by atoms with Gasteiger partial charge in [0.05, 0.1) is 47.4 Å². The summed E-state index contributed by atoms with van der Waals surface area (Å²) in [7, 11) is 1.72. The van der Waals surface area contributed by atoms with Gasteiger partial charge < -0.3 is 39.2 Å². The fraction of sp³-hybridized carbons (Fsp3) is 0.418. The minimum absolute atomic E-state index is 0.0323. The number of amides is 5. The van der Waals surface area contributed by atoms with Crippen molar-refractivity contribution in [2.45, 2.75) is 80.8 Å². The molecule has 6 unspecified atom stereocenters. The SMILES string of the molecule is C#Cc1c(F)ccc2cc(O)cc(-c3ncc4c(N5CC6CCC(C5)N6)nc(OCC56CCC(COC)N5CC(=C)C6)nc4c3F)c12.O=CN1CCOC(COc2cccc3c2C(=O)N(C2CCC(=O)NC2=O)C3=O)C1. The zero-order chi connectivity index (χ0) is 53.0. The second-order valence-electron chi connectivity index (χ2n) is 20.5. The van der Waals surface area contributed by atoms with Crippen molar-refractivity contribution in [1.82, 2.24) is 40.3 Å². The normalized spacial score (nSPS) is 25.1. The third-order valence-electron chi connectivity index (χ3n) is 15.6. The van der Waals surface area contributed by atoms with Gasteiger partial charge in [-0.15, -0.1) is 6.42 Å². The molecule has 394 valence electrons. The van der Waals surface area contributed by atoms with E-state index in [-0.39, 0.29) is 93.5 Å². The largest absolute Gasteiger partial charge is 0.508 e. The smallest absolute Gasteiger partial charge is 0.319 e. The number of phenolic OH excluding ortho intramolecular Hbond substituents is 1. The highest BCUT2D eigenvalue weighted by atomic mass is 19.1. The molecule has 6 fully saturated rings. The van der Waals surface area contributed by atoms with Crippen LogP contribution in [0.2, 0.25) is 0 Å². The van der Waals surface area contributed by atoms with E-state index in [1.165, 1.54) is 30.3 Å². The van der Waals surface area contributed by atoms with Crippen LogP contribution >= 0.6 is 0 Å². The van der Waals surface area contributed by atoms with Gasteiger partial charge in [0, 0.05) is 75.0 Å². The van der Waals surface area contributed by atoms with Crippen molar-refractivity contribution in [1.29, 1.82) is 0 Å². The number of morpholine rings is 1. The van der Waals surface area contributed by atoms with Gasteiger partial charge >= 0.3 is 6.01 Å². The summed E-state index contributed by atoms with van der Waals surface area (Å²) in [6, 6.07) is 10.1. The zero-order valence-electron chi connectivity index (χ0n) is 41.7. The first-order valence-electron chi connectivity index (χ1n) is 25.4. The molecular formula is C55H55F2N9O10. The Hall–Kier alpha value is -7.64. The summed E-state index contributed by atoms with van der Waals surface area (Å²) in [6.45, 7) is 8.80. The molecule has 2 bridgehead atoms. The summed E-state index contributed by atoms with van der Waals surface area (Å²) < 4.78 is 55.0. The average Bonchev–Trinajstić information content (AvgIpc) is 4.19. The number of carbonyl (C=O) groups excluding carboxylic acids is 5. The van der Waals surface area contributed by atoms with Gasteiger partial charge in [-0.1, -0.05) is 30.2 Å². The molecule has 0 radical (unpaired) electrons. The fourth-order valence-corrected chi connectivity index (χ4v) is 12.1. The Bertz CT molecular complexity index is 3270. The molecule has 3 N–H and O–H groups in total. The van der Waals surface area contributed by atoms with E-state index in [2.05, 4.69) is 42.9 Å². The fourth-order valence-electron chi connectivity index (χ4n) is 12.1. The Morgan fingerprint density at radius 1 is 1.00 bits per heavy atom. The van der Waals surface area contributed by atoms with Gasteiger partial charge in [0.2, 0.25) is 18.2 Å². The lowest BCUT2D eigenvalue weighted by molar-refractivity contribution is -0.136. The van der Waals surface area contributed by atoms with Gasteiger partial charge in [0.1, 0.15) is 59.7 Å². The number of nitrogens with zero attached hydrogens (tertiary/aromatic N) is 7. The van der Waals surface area contributed by atoms with Gasteiger partial charge in [0.15, 0.2) is 5.82 Å². The standard InChI is InChI=1S/C36H36F2N6O3.C19H19N3O7/c1-4-26-29(37)8-5-21-11-25(45)12-27(30(21)26)32-31(38)33-28(14-39-32)34(43-16-22-6-7-23(17-43)40-22)42-35(41-33)47-19-36-10-9-24(18-46-3)44(36)15-20(2)13-36;23-10-21-6-7-28-11(8-21)9-29-14-3-1-2-12-16(14)19(27)22(18(12)26)13-4-5-15(24)20-17(13)25/h1,5,8,11-12,14,22-24,40,45H,2,6-7,9-10,13,15-19H2,3H3;1-3,10-11,13H,4-9H2,(H,20,24,25). The number of hydrogen-bond acceptors (Lipinski definition) is 16. The Morgan fingerprint density at radius 2 is 1.82 bits per heavy atom. The minimum Gasteiger partial charge on any atom is -0.508 e. The molecule has 2 aromatic heterocycles. The van der Waals surface area contributed by atoms with Gasteiger partial charge in [0.25, 0.3) is 11.8 Å². The van der Waals surface area contributed by atoms with Crippen LogP contribution in [0.4, 0.5) is 14.6 Å². The molecule has 0 aliphatic carbocycles. The van der Waals surface area contributed by atoms with E-state index in [1.54, 1.807) is 30.3 Å². The number of anilines is 1. The number of benzene rings is 3. The molecule has 5 aromatic rings. The third kappa shape index (κ3) is 9.22. The Morgan fingerprint density at radius 3 is 2.58 bits per heavy atom. The molecule has 21 heteroatoms. The number of rotatable bonds is 12. The lowest BCUT2D eigenvalue weighted by Gasteiger charge is -2.35. The topological polar surface area (TPSA) is 218 Å². The van der Waals surface area contributed by atoms with E-state index < -0.39 is 41.3 Å². The molecule has 3 aromatic carbocycles. The minimum atomic E-state index is -1.03. The number of ether oxygens (including phenoxy) is 4. The summed E-state index contributed by atoms with van der Waals surface area (Å²) in [5, 5.41) is 17.6. The van der Waals surface area contributed by atoms with E-state index in [4.69, 9.17) is 30.4 Å². The van der Waals surface area contributed by atoms with E-state index in [0.29, 0.717) is 74.7 Å². The molecule has 12 rings (SSSR count). The number of piperidine rings is 1. The zero-order valence-corrected chi connectivity index (χ0v) is 41.7. The first kappa shape index (κ1) is 50.5.